The van der Waals surface area contributed by atoms with Crippen molar-refractivity contribution in [1.82, 2.24) is 4.31 Å². The summed E-state index contributed by atoms with van der Waals surface area (Å²) in [6, 6.07) is 13.4. The van der Waals surface area contributed by atoms with Crippen LogP contribution in [0, 0.1) is 0 Å². The molecule has 0 aromatic heterocycles. The zero-order chi connectivity index (χ0) is 19.3. The van der Waals surface area contributed by atoms with Crippen molar-refractivity contribution in [2.75, 3.05) is 14.1 Å². The van der Waals surface area contributed by atoms with Gasteiger partial charge in [-0.1, -0.05) is 28.1 Å². The van der Waals surface area contributed by atoms with Gasteiger partial charge in [0.05, 0.1) is 4.90 Å². The number of hydrogen-bond donors (Lipinski definition) is 0. The van der Waals surface area contributed by atoms with Crippen molar-refractivity contribution in [3.05, 3.63) is 58.6 Å². The van der Waals surface area contributed by atoms with Gasteiger partial charge in [0.15, 0.2) is 6.10 Å². The van der Waals surface area contributed by atoms with Crippen molar-refractivity contribution in [1.29, 1.82) is 0 Å². The molecule has 0 radical (unpaired) electrons. The molecule has 140 valence electrons. The molecule has 0 saturated carbocycles. The lowest BCUT2D eigenvalue weighted by atomic mass is 10.2. The second-order valence-corrected chi connectivity index (χ2v) is 8.82. The quantitative estimate of drug-likeness (QED) is 0.616. The number of carbonyl (C=O) groups is 1. The van der Waals surface area contributed by atoms with Gasteiger partial charge in [0.2, 0.25) is 10.0 Å². The number of sulfonamides is 1. The molecule has 0 N–H and O–H groups in total. The largest absolute Gasteiger partial charge is 0.479 e. The highest BCUT2D eigenvalue weighted by atomic mass is 79.9. The van der Waals surface area contributed by atoms with Crippen LogP contribution in [0.3, 0.4) is 0 Å². The molecule has 0 spiro atoms. The van der Waals surface area contributed by atoms with Crippen LogP contribution in [0.25, 0.3) is 0 Å². The van der Waals surface area contributed by atoms with E-state index in [0.717, 1.165) is 8.78 Å². The number of halogens is 1. The SMILES string of the molecule is CC(Oc1ccc(Br)cc1)C(=O)OCc1cccc(S(=O)(=O)N(C)C)c1. The fourth-order valence-electron chi connectivity index (χ4n) is 2.04. The van der Waals surface area contributed by atoms with E-state index in [9.17, 15) is 13.2 Å². The molecule has 0 fully saturated rings. The molecule has 6 nitrogen and oxygen atoms in total. The van der Waals surface area contributed by atoms with Crippen molar-refractivity contribution in [3.63, 3.8) is 0 Å². The van der Waals surface area contributed by atoms with Crippen LogP contribution in [0.5, 0.6) is 5.75 Å². The van der Waals surface area contributed by atoms with Gasteiger partial charge in [0.25, 0.3) is 0 Å². The predicted molar refractivity (Wildman–Crippen MR) is 101 cm³/mol. The van der Waals surface area contributed by atoms with Crippen LogP contribution in [0.4, 0.5) is 0 Å². The van der Waals surface area contributed by atoms with E-state index in [1.807, 2.05) is 12.1 Å². The molecule has 0 bridgehead atoms. The van der Waals surface area contributed by atoms with Crippen molar-refractivity contribution >= 4 is 31.9 Å². The highest BCUT2D eigenvalue weighted by molar-refractivity contribution is 9.10. The highest BCUT2D eigenvalue weighted by Crippen LogP contribution is 2.18. The Morgan fingerprint density at radius 3 is 2.42 bits per heavy atom. The zero-order valence-electron chi connectivity index (χ0n) is 14.7. The summed E-state index contributed by atoms with van der Waals surface area (Å²) in [7, 11) is -0.611. The smallest absolute Gasteiger partial charge is 0.347 e. The first-order valence-electron chi connectivity index (χ1n) is 7.80. The first-order chi connectivity index (χ1) is 12.2. The molecule has 0 aliphatic rings. The fourth-order valence-corrected chi connectivity index (χ4v) is 3.28. The van der Waals surface area contributed by atoms with E-state index in [4.69, 9.17) is 9.47 Å². The number of benzene rings is 2. The summed E-state index contributed by atoms with van der Waals surface area (Å²) >= 11 is 3.33. The normalized spacial score (nSPS) is 12.7. The molecule has 1 unspecified atom stereocenters. The van der Waals surface area contributed by atoms with E-state index >= 15 is 0 Å². The van der Waals surface area contributed by atoms with E-state index < -0.39 is 22.1 Å². The highest BCUT2D eigenvalue weighted by Gasteiger charge is 2.19. The van der Waals surface area contributed by atoms with Crippen LogP contribution in [-0.4, -0.2) is 38.9 Å². The Kier molecular flexibility index (Phi) is 6.80. The van der Waals surface area contributed by atoms with Crippen LogP contribution < -0.4 is 4.74 Å². The Balaban J connectivity index is 1.97. The molecule has 0 saturated heterocycles. The van der Waals surface area contributed by atoms with Gasteiger partial charge < -0.3 is 9.47 Å². The predicted octanol–water partition coefficient (Wildman–Crippen LogP) is 3.21. The first-order valence-corrected chi connectivity index (χ1v) is 10.0. The zero-order valence-corrected chi connectivity index (χ0v) is 17.1. The third-order valence-corrected chi connectivity index (χ3v) is 5.86. The average Bonchev–Trinajstić information content (AvgIpc) is 2.61. The standard InChI is InChI=1S/C18H20BrNO5S/c1-13(25-16-9-7-15(19)8-10-16)18(21)24-12-14-5-4-6-17(11-14)26(22,23)20(2)3/h4-11,13H,12H2,1-3H3. The summed E-state index contributed by atoms with van der Waals surface area (Å²) in [6.45, 7) is 1.56. The van der Waals surface area contributed by atoms with Crippen molar-refractivity contribution in [2.45, 2.75) is 24.5 Å². The topological polar surface area (TPSA) is 72.9 Å². The maximum atomic E-state index is 12.2. The maximum Gasteiger partial charge on any atom is 0.347 e. The first kappa shape index (κ1) is 20.4. The van der Waals surface area contributed by atoms with Gasteiger partial charge >= 0.3 is 5.97 Å². The van der Waals surface area contributed by atoms with E-state index in [1.54, 1.807) is 31.2 Å². The monoisotopic (exact) mass is 441 g/mol. The third kappa shape index (κ3) is 5.30. The molecule has 26 heavy (non-hydrogen) atoms. The molecular weight excluding hydrogens is 422 g/mol. The minimum absolute atomic E-state index is 0.0380. The molecule has 8 heteroatoms. The number of hydrogen-bond acceptors (Lipinski definition) is 5. The molecule has 2 rings (SSSR count). The molecule has 0 amide bonds. The average molecular weight is 442 g/mol. The second kappa shape index (κ2) is 8.66. The lowest BCUT2D eigenvalue weighted by Crippen LogP contribution is -2.26. The van der Waals surface area contributed by atoms with Gasteiger partial charge in [-0.2, -0.15) is 0 Å². The van der Waals surface area contributed by atoms with Crippen molar-refractivity contribution in [3.8, 4) is 5.75 Å². The van der Waals surface area contributed by atoms with Gasteiger partial charge in [-0.15, -0.1) is 0 Å². The fraction of sp³-hybridized carbons (Fsp3) is 0.278. The summed E-state index contributed by atoms with van der Waals surface area (Å²) in [4.78, 5) is 12.2. The van der Waals surface area contributed by atoms with Gasteiger partial charge in [-0.3, -0.25) is 0 Å². The Bertz CT molecular complexity index is 865. The summed E-state index contributed by atoms with van der Waals surface area (Å²) in [6.07, 6.45) is -0.787. The van der Waals surface area contributed by atoms with Gasteiger partial charge in [-0.05, 0) is 48.9 Å². The third-order valence-electron chi connectivity index (χ3n) is 3.52. The number of rotatable bonds is 7. The number of esters is 1. The molecule has 0 aliphatic heterocycles. The van der Waals surface area contributed by atoms with Crippen molar-refractivity contribution in [2.24, 2.45) is 0 Å². The number of nitrogens with zero attached hydrogens (tertiary/aromatic N) is 1. The number of carbonyl (C=O) groups excluding carboxylic acids is 1. The summed E-state index contributed by atoms with van der Waals surface area (Å²) in [5.41, 5.74) is 0.581. The van der Waals surface area contributed by atoms with E-state index in [2.05, 4.69) is 15.9 Å². The van der Waals surface area contributed by atoms with Crippen LogP contribution in [0.2, 0.25) is 0 Å². The minimum atomic E-state index is -3.53. The lowest BCUT2D eigenvalue weighted by Gasteiger charge is -2.15. The minimum Gasteiger partial charge on any atom is -0.479 e. The Labute approximate surface area is 161 Å². The van der Waals surface area contributed by atoms with E-state index in [0.29, 0.717) is 11.3 Å². The van der Waals surface area contributed by atoms with Crippen LogP contribution in [0.1, 0.15) is 12.5 Å². The maximum absolute atomic E-state index is 12.2. The molecule has 1 atom stereocenters. The summed E-state index contributed by atoms with van der Waals surface area (Å²) in [5, 5.41) is 0. The van der Waals surface area contributed by atoms with E-state index in [-0.39, 0.29) is 11.5 Å². The molecular formula is C18H20BrNO5S. The molecule has 2 aromatic rings. The van der Waals surface area contributed by atoms with E-state index in [1.165, 1.54) is 26.2 Å². The van der Waals surface area contributed by atoms with Crippen LogP contribution >= 0.6 is 15.9 Å². The van der Waals surface area contributed by atoms with Gasteiger partial charge in [0.1, 0.15) is 12.4 Å². The summed E-state index contributed by atoms with van der Waals surface area (Å²) < 4.78 is 37.1. The Morgan fingerprint density at radius 2 is 1.81 bits per heavy atom. The van der Waals surface area contributed by atoms with Crippen LogP contribution in [0.15, 0.2) is 57.9 Å². The lowest BCUT2D eigenvalue weighted by molar-refractivity contribution is -0.152. The summed E-state index contributed by atoms with van der Waals surface area (Å²) in [5.74, 6) is 0.0190. The van der Waals surface area contributed by atoms with Gasteiger partial charge in [0, 0.05) is 18.6 Å². The Hall–Kier alpha value is -1.90. The number of ether oxygens (including phenoxy) is 2. The van der Waals surface area contributed by atoms with Gasteiger partial charge in [-0.25, -0.2) is 17.5 Å². The van der Waals surface area contributed by atoms with Crippen molar-refractivity contribution < 1.29 is 22.7 Å². The Morgan fingerprint density at radius 1 is 1.15 bits per heavy atom. The van der Waals surface area contributed by atoms with Crippen LogP contribution in [-0.2, 0) is 26.2 Å². The second-order valence-electron chi connectivity index (χ2n) is 5.76. The molecule has 0 heterocycles. The molecule has 0 aliphatic carbocycles. The molecule has 2 aromatic carbocycles.